The molecule has 110 valence electrons. The highest BCUT2D eigenvalue weighted by molar-refractivity contribution is 7.91. The number of carbonyl (C=O) groups excluding carboxylic acids is 1. The zero-order valence-electron chi connectivity index (χ0n) is 11.1. The molecule has 0 fully saturated rings. The highest BCUT2D eigenvalue weighted by Gasteiger charge is 2.16. The second-order valence-corrected chi connectivity index (χ2v) is 6.98. The number of hydrogen-bond acceptors (Lipinski definition) is 3. The monoisotopic (exact) mass is 323 g/mol. The van der Waals surface area contributed by atoms with Crippen LogP contribution < -0.4 is 5.32 Å². The Kier molecular flexibility index (Phi) is 4.98. The Balaban J connectivity index is 1.95. The number of sulfone groups is 1. The largest absolute Gasteiger partial charge is 0.326 e. The van der Waals surface area contributed by atoms with Crippen molar-refractivity contribution in [1.29, 1.82) is 0 Å². The van der Waals surface area contributed by atoms with Crippen molar-refractivity contribution in [3.63, 3.8) is 0 Å². The molecule has 0 saturated heterocycles. The number of para-hydroxylation sites is 1. The van der Waals surface area contributed by atoms with Gasteiger partial charge in [-0.05, 0) is 36.4 Å². The van der Waals surface area contributed by atoms with Gasteiger partial charge in [0.15, 0.2) is 9.84 Å². The first kappa shape index (κ1) is 15.5. The Hall–Kier alpha value is -1.85. The van der Waals surface area contributed by atoms with Crippen molar-refractivity contribution >= 4 is 33.0 Å². The smallest absolute Gasteiger partial charge is 0.225 e. The molecular weight excluding hydrogens is 310 g/mol. The molecular formula is C15H14ClNO3S. The van der Waals surface area contributed by atoms with Crippen molar-refractivity contribution in [3.8, 4) is 0 Å². The van der Waals surface area contributed by atoms with Crippen LogP contribution in [0.25, 0.3) is 0 Å². The zero-order valence-corrected chi connectivity index (χ0v) is 12.7. The molecule has 0 aliphatic heterocycles. The first-order valence-electron chi connectivity index (χ1n) is 6.30. The van der Waals surface area contributed by atoms with E-state index < -0.39 is 9.84 Å². The summed E-state index contributed by atoms with van der Waals surface area (Å²) in [4.78, 5) is 11.9. The standard InChI is InChI=1S/C15H14ClNO3S/c16-12-6-8-14(9-7-12)21(19,20)11-10-15(18)17-13-4-2-1-3-5-13/h1-9H,10-11H2,(H,17,18). The highest BCUT2D eigenvalue weighted by Crippen LogP contribution is 2.16. The van der Waals surface area contributed by atoms with Gasteiger partial charge in [-0.2, -0.15) is 0 Å². The summed E-state index contributed by atoms with van der Waals surface area (Å²) in [7, 11) is -3.48. The van der Waals surface area contributed by atoms with Gasteiger partial charge in [0.1, 0.15) is 0 Å². The number of halogens is 1. The zero-order chi connectivity index (χ0) is 15.3. The quantitative estimate of drug-likeness (QED) is 0.919. The number of hydrogen-bond donors (Lipinski definition) is 1. The van der Waals surface area contributed by atoms with Crippen molar-refractivity contribution < 1.29 is 13.2 Å². The van der Waals surface area contributed by atoms with Gasteiger partial charge in [0.25, 0.3) is 0 Å². The summed E-state index contributed by atoms with van der Waals surface area (Å²) in [5.41, 5.74) is 0.645. The van der Waals surface area contributed by atoms with E-state index in [-0.39, 0.29) is 23.0 Å². The third kappa shape index (κ3) is 4.58. The normalized spacial score (nSPS) is 11.1. The molecule has 0 aliphatic carbocycles. The lowest BCUT2D eigenvalue weighted by Crippen LogP contribution is -2.17. The molecule has 0 aromatic heterocycles. The van der Waals surface area contributed by atoms with E-state index in [0.29, 0.717) is 10.7 Å². The Morgan fingerprint density at radius 1 is 1.00 bits per heavy atom. The summed E-state index contributed by atoms with van der Waals surface area (Å²) in [5.74, 6) is -0.577. The Labute approximate surface area is 128 Å². The molecule has 0 aliphatic rings. The molecule has 4 nitrogen and oxygen atoms in total. The SMILES string of the molecule is O=C(CCS(=O)(=O)c1ccc(Cl)cc1)Nc1ccccc1. The van der Waals surface area contributed by atoms with Crippen molar-refractivity contribution in [3.05, 3.63) is 59.6 Å². The highest BCUT2D eigenvalue weighted by atomic mass is 35.5. The summed E-state index contributed by atoms with van der Waals surface area (Å²) < 4.78 is 24.2. The summed E-state index contributed by atoms with van der Waals surface area (Å²) in [6.07, 6.45) is -0.0974. The fraction of sp³-hybridized carbons (Fsp3) is 0.133. The second-order valence-electron chi connectivity index (χ2n) is 4.44. The molecule has 1 amide bonds. The maximum atomic E-state index is 12.1. The molecule has 0 bridgehead atoms. The maximum Gasteiger partial charge on any atom is 0.225 e. The van der Waals surface area contributed by atoms with Gasteiger partial charge in [0.2, 0.25) is 5.91 Å². The Morgan fingerprint density at radius 3 is 2.24 bits per heavy atom. The average Bonchev–Trinajstić information content (AvgIpc) is 2.47. The molecule has 6 heteroatoms. The van der Waals surface area contributed by atoms with Crippen LogP contribution in [-0.4, -0.2) is 20.1 Å². The van der Waals surface area contributed by atoms with Crippen LogP contribution in [0.3, 0.4) is 0 Å². The fourth-order valence-electron chi connectivity index (χ4n) is 1.73. The number of nitrogens with one attached hydrogen (secondary N) is 1. The van der Waals surface area contributed by atoms with Crippen molar-refractivity contribution in [2.24, 2.45) is 0 Å². The number of rotatable bonds is 5. The number of amides is 1. The van der Waals surface area contributed by atoms with Gasteiger partial charge in [0.05, 0.1) is 10.6 Å². The van der Waals surface area contributed by atoms with Crippen LogP contribution in [0.2, 0.25) is 5.02 Å². The van der Waals surface area contributed by atoms with E-state index in [1.54, 1.807) is 24.3 Å². The lowest BCUT2D eigenvalue weighted by Gasteiger charge is -2.06. The van der Waals surface area contributed by atoms with Crippen LogP contribution in [0.5, 0.6) is 0 Å². The first-order valence-corrected chi connectivity index (χ1v) is 8.34. The molecule has 2 aromatic rings. The molecule has 0 saturated carbocycles. The third-order valence-corrected chi connectivity index (χ3v) is 4.81. The van der Waals surface area contributed by atoms with Gasteiger partial charge >= 0.3 is 0 Å². The lowest BCUT2D eigenvalue weighted by molar-refractivity contribution is -0.115. The van der Waals surface area contributed by atoms with Gasteiger partial charge in [0, 0.05) is 17.1 Å². The number of benzene rings is 2. The predicted molar refractivity (Wildman–Crippen MR) is 83.2 cm³/mol. The summed E-state index contributed by atoms with van der Waals surface area (Å²) in [5, 5.41) is 3.12. The molecule has 0 atom stereocenters. The number of anilines is 1. The van der Waals surface area contributed by atoms with Crippen LogP contribution in [0.1, 0.15) is 6.42 Å². The fourth-order valence-corrected chi connectivity index (χ4v) is 3.10. The summed E-state index contributed by atoms with van der Waals surface area (Å²) in [6.45, 7) is 0. The topological polar surface area (TPSA) is 63.2 Å². The van der Waals surface area contributed by atoms with Crippen molar-refractivity contribution in [2.75, 3.05) is 11.1 Å². The van der Waals surface area contributed by atoms with Gasteiger partial charge in [-0.15, -0.1) is 0 Å². The van der Waals surface area contributed by atoms with Crippen LogP contribution >= 0.6 is 11.6 Å². The molecule has 0 radical (unpaired) electrons. The molecule has 2 aromatic carbocycles. The van der Waals surface area contributed by atoms with Gasteiger partial charge in [-0.25, -0.2) is 8.42 Å². The Morgan fingerprint density at radius 2 is 1.62 bits per heavy atom. The van der Waals surface area contributed by atoms with E-state index in [4.69, 9.17) is 11.6 Å². The van der Waals surface area contributed by atoms with Gasteiger partial charge < -0.3 is 5.32 Å². The summed E-state index contributed by atoms with van der Waals surface area (Å²) >= 11 is 5.72. The van der Waals surface area contributed by atoms with E-state index in [0.717, 1.165) is 0 Å². The third-order valence-electron chi connectivity index (χ3n) is 2.83. The Bertz CT molecular complexity index is 712. The molecule has 0 heterocycles. The van der Waals surface area contributed by atoms with Crippen LogP contribution in [0.15, 0.2) is 59.5 Å². The molecule has 0 spiro atoms. The average molecular weight is 324 g/mol. The minimum atomic E-state index is -3.48. The minimum Gasteiger partial charge on any atom is -0.326 e. The maximum absolute atomic E-state index is 12.1. The van der Waals surface area contributed by atoms with E-state index in [1.807, 2.05) is 6.07 Å². The van der Waals surface area contributed by atoms with Crippen LogP contribution in [0.4, 0.5) is 5.69 Å². The van der Waals surface area contributed by atoms with E-state index in [9.17, 15) is 13.2 Å². The van der Waals surface area contributed by atoms with Gasteiger partial charge in [-0.3, -0.25) is 4.79 Å². The van der Waals surface area contributed by atoms with E-state index >= 15 is 0 Å². The first-order chi connectivity index (χ1) is 9.97. The molecule has 21 heavy (non-hydrogen) atoms. The molecule has 0 unspecified atom stereocenters. The van der Waals surface area contributed by atoms with Crippen molar-refractivity contribution in [1.82, 2.24) is 0 Å². The van der Waals surface area contributed by atoms with Crippen LogP contribution in [0, 0.1) is 0 Å². The van der Waals surface area contributed by atoms with E-state index in [2.05, 4.69) is 5.32 Å². The number of carbonyl (C=O) groups is 1. The molecule has 1 N–H and O–H groups in total. The second kappa shape index (κ2) is 6.74. The lowest BCUT2D eigenvalue weighted by atomic mass is 10.3. The summed E-state index contributed by atoms with van der Waals surface area (Å²) in [6, 6.07) is 14.8. The predicted octanol–water partition coefficient (Wildman–Crippen LogP) is 3.14. The molecule has 2 rings (SSSR count). The van der Waals surface area contributed by atoms with Crippen LogP contribution in [-0.2, 0) is 14.6 Å². The van der Waals surface area contributed by atoms with Crippen molar-refractivity contribution in [2.45, 2.75) is 11.3 Å². The van der Waals surface area contributed by atoms with E-state index in [1.165, 1.54) is 24.3 Å². The van der Waals surface area contributed by atoms with Gasteiger partial charge in [-0.1, -0.05) is 29.8 Å². The minimum absolute atomic E-state index is 0.0974.